The van der Waals surface area contributed by atoms with Crippen molar-refractivity contribution in [3.63, 3.8) is 0 Å². The molecule has 3 rings (SSSR count). The molecule has 1 saturated heterocycles. The van der Waals surface area contributed by atoms with E-state index >= 15 is 0 Å². The number of aryl methyl sites for hydroxylation is 2. The molecule has 1 N–H and O–H groups in total. The zero-order valence-corrected chi connectivity index (χ0v) is 17.6. The molecule has 152 valence electrons. The van der Waals surface area contributed by atoms with Crippen LogP contribution in [0, 0.1) is 13.8 Å². The Bertz CT molecular complexity index is 790. The monoisotopic (exact) mass is 383 g/mol. The summed E-state index contributed by atoms with van der Waals surface area (Å²) in [6, 6.07) is 6.15. The summed E-state index contributed by atoms with van der Waals surface area (Å²) in [4.78, 5) is 21.6. The molecule has 1 aliphatic rings. The van der Waals surface area contributed by atoms with Gasteiger partial charge in [0.2, 0.25) is 5.91 Å². The highest BCUT2D eigenvalue weighted by Gasteiger charge is 2.19. The number of piperazine rings is 1. The SMILES string of the molecule is Cc1ccc(C)c(NC(=O)CN2CCN(CCn3ccnc3C(C)C)CC2)c1. The lowest BCUT2D eigenvalue weighted by molar-refractivity contribution is -0.117. The number of nitrogens with zero attached hydrogens (tertiary/aromatic N) is 4. The Morgan fingerprint density at radius 1 is 1.11 bits per heavy atom. The highest BCUT2D eigenvalue weighted by molar-refractivity contribution is 5.93. The lowest BCUT2D eigenvalue weighted by Crippen LogP contribution is -2.49. The predicted molar refractivity (Wildman–Crippen MR) is 114 cm³/mol. The molecule has 6 nitrogen and oxygen atoms in total. The molecule has 0 bridgehead atoms. The van der Waals surface area contributed by atoms with Crippen LogP contribution in [-0.2, 0) is 11.3 Å². The zero-order valence-electron chi connectivity index (χ0n) is 17.6. The lowest BCUT2D eigenvalue weighted by Gasteiger charge is -2.34. The summed E-state index contributed by atoms with van der Waals surface area (Å²) in [7, 11) is 0. The topological polar surface area (TPSA) is 53.4 Å². The Balaban J connectivity index is 1.42. The van der Waals surface area contributed by atoms with Crippen molar-refractivity contribution < 1.29 is 4.79 Å². The Morgan fingerprint density at radius 3 is 2.54 bits per heavy atom. The number of anilines is 1. The average molecular weight is 384 g/mol. The van der Waals surface area contributed by atoms with Crippen LogP contribution in [0.15, 0.2) is 30.6 Å². The Kier molecular flexibility index (Phi) is 6.86. The Labute approximate surface area is 168 Å². The van der Waals surface area contributed by atoms with E-state index in [0.29, 0.717) is 12.5 Å². The molecule has 1 aliphatic heterocycles. The van der Waals surface area contributed by atoms with Gasteiger partial charge in [-0.3, -0.25) is 14.6 Å². The summed E-state index contributed by atoms with van der Waals surface area (Å²) in [5, 5.41) is 3.07. The van der Waals surface area contributed by atoms with Gasteiger partial charge in [-0.15, -0.1) is 0 Å². The fraction of sp³-hybridized carbons (Fsp3) is 0.545. The molecule has 0 spiro atoms. The number of carbonyl (C=O) groups is 1. The quantitative estimate of drug-likeness (QED) is 0.799. The molecule has 1 aromatic carbocycles. The standard InChI is InChI=1S/C22H33N5O/c1-17(2)22-23-7-8-27(22)14-13-25-9-11-26(12-10-25)16-21(28)24-20-15-18(3)5-6-19(20)4/h5-8,15,17H,9-14,16H2,1-4H3,(H,24,28). The third-order valence-corrected chi connectivity index (χ3v) is 5.42. The number of benzene rings is 1. The van der Waals surface area contributed by atoms with Crippen LogP contribution in [0.25, 0.3) is 0 Å². The van der Waals surface area contributed by atoms with Gasteiger partial charge in [0.1, 0.15) is 5.82 Å². The van der Waals surface area contributed by atoms with Crippen LogP contribution in [-0.4, -0.2) is 64.5 Å². The number of rotatable bonds is 7. The number of hydrogen-bond acceptors (Lipinski definition) is 4. The molecule has 1 fully saturated rings. The summed E-state index contributed by atoms with van der Waals surface area (Å²) in [5.74, 6) is 1.67. The van der Waals surface area contributed by atoms with Gasteiger partial charge in [0.05, 0.1) is 6.54 Å². The third kappa shape index (κ3) is 5.42. The third-order valence-electron chi connectivity index (χ3n) is 5.42. The van der Waals surface area contributed by atoms with E-state index in [1.165, 1.54) is 0 Å². The van der Waals surface area contributed by atoms with Crippen LogP contribution in [0.2, 0.25) is 0 Å². The fourth-order valence-electron chi connectivity index (χ4n) is 3.69. The smallest absolute Gasteiger partial charge is 0.238 e. The van der Waals surface area contributed by atoms with Crippen molar-refractivity contribution in [1.82, 2.24) is 19.4 Å². The normalized spacial score (nSPS) is 15.9. The molecule has 0 radical (unpaired) electrons. The first-order valence-electron chi connectivity index (χ1n) is 10.2. The molecular formula is C22H33N5O. The van der Waals surface area contributed by atoms with Gasteiger partial charge in [-0.1, -0.05) is 26.0 Å². The second-order valence-electron chi connectivity index (χ2n) is 8.12. The summed E-state index contributed by atoms with van der Waals surface area (Å²) in [6.45, 7) is 14.8. The number of hydrogen-bond donors (Lipinski definition) is 1. The van der Waals surface area contributed by atoms with Crippen molar-refractivity contribution in [2.45, 2.75) is 40.2 Å². The van der Waals surface area contributed by atoms with Gasteiger partial charge < -0.3 is 9.88 Å². The van der Waals surface area contributed by atoms with Crippen molar-refractivity contribution in [2.24, 2.45) is 0 Å². The summed E-state index contributed by atoms with van der Waals surface area (Å²) in [6.07, 6.45) is 3.96. The van der Waals surface area contributed by atoms with E-state index in [9.17, 15) is 4.79 Å². The summed E-state index contributed by atoms with van der Waals surface area (Å²) >= 11 is 0. The summed E-state index contributed by atoms with van der Waals surface area (Å²) < 4.78 is 2.26. The van der Waals surface area contributed by atoms with Gasteiger partial charge in [-0.25, -0.2) is 4.98 Å². The maximum absolute atomic E-state index is 12.4. The van der Waals surface area contributed by atoms with Crippen molar-refractivity contribution in [2.75, 3.05) is 44.6 Å². The number of carbonyl (C=O) groups excluding carboxylic acids is 1. The van der Waals surface area contributed by atoms with Gasteiger partial charge in [0.25, 0.3) is 0 Å². The molecule has 0 aliphatic carbocycles. The Hall–Kier alpha value is -2.18. The van der Waals surface area contributed by atoms with Gasteiger partial charge >= 0.3 is 0 Å². The maximum Gasteiger partial charge on any atom is 0.238 e. The highest BCUT2D eigenvalue weighted by Crippen LogP contribution is 2.16. The van der Waals surface area contributed by atoms with Crippen molar-refractivity contribution in [1.29, 1.82) is 0 Å². The van der Waals surface area contributed by atoms with E-state index in [4.69, 9.17) is 0 Å². The Morgan fingerprint density at radius 2 is 1.82 bits per heavy atom. The lowest BCUT2D eigenvalue weighted by atomic mass is 10.1. The van der Waals surface area contributed by atoms with Crippen LogP contribution in [0.5, 0.6) is 0 Å². The highest BCUT2D eigenvalue weighted by atomic mass is 16.2. The first-order valence-corrected chi connectivity index (χ1v) is 10.2. The van der Waals surface area contributed by atoms with Crippen LogP contribution < -0.4 is 5.32 Å². The van der Waals surface area contributed by atoms with Gasteiger partial charge in [-0.05, 0) is 31.0 Å². The minimum atomic E-state index is 0.0714. The van der Waals surface area contributed by atoms with Gasteiger partial charge in [0, 0.05) is 63.3 Å². The largest absolute Gasteiger partial charge is 0.333 e. The van der Waals surface area contributed by atoms with Crippen LogP contribution >= 0.6 is 0 Å². The average Bonchev–Trinajstić information content (AvgIpc) is 3.13. The van der Waals surface area contributed by atoms with E-state index in [0.717, 1.165) is 61.9 Å². The van der Waals surface area contributed by atoms with Crippen molar-refractivity contribution in [3.05, 3.63) is 47.5 Å². The molecule has 0 unspecified atom stereocenters. The van der Waals surface area contributed by atoms with Crippen molar-refractivity contribution in [3.8, 4) is 0 Å². The second kappa shape index (κ2) is 9.34. The van der Waals surface area contributed by atoms with Crippen LogP contribution in [0.1, 0.15) is 36.7 Å². The van der Waals surface area contributed by atoms with Crippen molar-refractivity contribution >= 4 is 11.6 Å². The van der Waals surface area contributed by atoms with E-state index in [1.54, 1.807) is 0 Å². The molecule has 2 aromatic rings. The summed E-state index contributed by atoms with van der Waals surface area (Å²) in [5.41, 5.74) is 3.18. The first-order chi connectivity index (χ1) is 13.4. The van der Waals surface area contributed by atoms with E-state index in [2.05, 4.69) is 56.8 Å². The first kappa shape index (κ1) is 20.6. The minimum absolute atomic E-state index is 0.0714. The van der Waals surface area contributed by atoms with E-state index < -0.39 is 0 Å². The molecular weight excluding hydrogens is 350 g/mol. The maximum atomic E-state index is 12.4. The molecule has 28 heavy (non-hydrogen) atoms. The molecule has 2 heterocycles. The van der Waals surface area contributed by atoms with Crippen LogP contribution in [0.3, 0.4) is 0 Å². The zero-order chi connectivity index (χ0) is 20.1. The van der Waals surface area contributed by atoms with E-state index in [-0.39, 0.29) is 5.91 Å². The molecule has 0 saturated carbocycles. The predicted octanol–water partition coefficient (Wildman–Crippen LogP) is 2.88. The fourth-order valence-corrected chi connectivity index (χ4v) is 3.69. The molecule has 1 amide bonds. The second-order valence-corrected chi connectivity index (χ2v) is 8.12. The van der Waals surface area contributed by atoms with Crippen LogP contribution in [0.4, 0.5) is 5.69 Å². The number of aromatic nitrogens is 2. The van der Waals surface area contributed by atoms with Gasteiger partial charge in [-0.2, -0.15) is 0 Å². The number of nitrogens with one attached hydrogen (secondary N) is 1. The van der Waals surface area contributed by atoms with E-state index in [1.807, 2.05) is 26.1 Å². The molecule has 6 heteroatoms. The number of imidazole rings is 1. The van der Waals surface area contributed by atoms with Gasteiger partial charge in [0.15, 0.2) is 0 Å². The minimum Gasteiger partial charge on any atom is -0.333 e. The number of amides is 1. The molecule has 0 atom stereocenters. The molecule has 1 aromatic heterocycles.